The molecule has 2 rings (SSSR count). The molecule has 0 unspecified atom stereocenters. The van der Waals surface area contributed by atoms with Gasteiger partial charge in [-0.25, -0.2) is 0 Å². The second-order valence-corrected chi connectivity index (χ2v) is 6.02. The molecule has 1 aromatic carbocycles. The lowest BCUT2D eigenvalue weighted by atomic mass is 9.89. The van der Waals surface area contributed by atoms with Gasteiger partial charge in [0.25, 0.3) is 0 Å². The van der Waals surface area contributed by atoms with Crippen molar-refractivity contribution in [2.24, 2.45) is 0 Å². The first-order chi connectivity index (χ1) is 8.52. The highest BCUT2D eigenvalue weighted by atomic mass is 15.1. The van der Waals surface area contributed by atoms with Gasteiger partial charge in [0, 0.05) is 25.2 Å². The molecule has 2 nitrogen and oxygen atoms in total. The molecule has 0 radical (unpaired) electrons. The first-order valence-corrected chi connectivity index (χ1v) is 7.00. The number of nitrogens with zero attached hydrogens (tertiary/aromatic N) is 1. The molecule has 0 aromatic heterocycles. The Balaban J connectivity index is 1.95. The van der Waals surface area contributed by atoms with Crippen LogP contribution in [0.5, 0.6) is 0 Å². The van der Waals surface area contributed by atoms with E-state index < -0.39 is 0 Å². The number of hydrogen-bond acceptors (Lipinski definition) is 2. The lowest BCUT2D eigenvalue weighted by Gasteiger charge is -2.39. The summed E-state index contributed by atoms with van der Waals surface area (Å²) in [5.74, 6) is 0. The van der Waals surface area contributed by atoms with Gasteiger partial charge in [-0.05, 0) is 51.8 Å². The summed E-state index contributed by atoms with van der Waals surface area (Å²) in [6, 6.07) is 6.80. The first-order valence-electron chi connectivity index (χ1n) is 7.00. The highest BCUT2D eigenvalue weighted by Gasteiger charge is 2.28. The zero-order chi connectivity index (χ0) is 13.2. The average Bonchev–Trinajstić information content (AvgIpc) is 2.36. The molecule has 1 saturated heterocycles. The standard InChI is InChI=1S/C16H26N2/c1-13-5-6-15(14(2)11-13)12-18-9-7-16(3,17-4)8-10-18/h5-6,11,17H,7-10,12H2,1-4H3. The van der Waals surface area contributed by atoms with Gasteiger partial charge < -0.3 is 5.32 Å². The molecule has 1 aromatic rings. The third kappa shape index (κ3) is 3.12. The number of piperidine rings is 1. The number of likely N-dealkylation sites (tertiary alicyclic amines) is 1. The van der Waals surface area contributed by atoms with Gasteiger partial charge in [0.1, 0.15) is 0 Å². The van der Waals surface area contributed by atoms with Gasteiger partial charge in [-0.1, -0.05) is 23.8 Å². The van der Waals surface area contributed by atoms with Crippen molar-refractivity contribution in [1.29, 1.82) is 0 Å². The summed E-state index contributed by atoms with van der Waals surface area (Å²) in [6.07, 6.45) is 2.49. The summed E-state index contributed by atoms with van der Waals surface area (Å²) in [6.45, 7) is 10.2. The van der Waals surface area contributed by atoms with E-state index in [-0.39, 0.29) is 0 Å². The van der Waals surface area contributed by atoms with Gasteiger partial charge in [0.05, 0.1) is 0 Å². The van der Waals surface area contributed by atoms with Gasteiger partial charge in [-0.15, -0.1) is 0 Å². The van der Waals surface area contributed by atoms with E-state index >= 15 is 0 Å². The Morgan fingerprint density at radius 2 is 1.89 bits per heavy atom. The molecule has 100 valence electrons. The fraction of sp³-hybridized carbons (Fsp3) is 0.625. The van der Waals surface area contributed by atoms with E-state index in [0.29, 0.717) is 5.54 Å². The predicted octanol–water partition coefficient (Wildman–Crippen LogP) is 2.88. The molecule has 1 heterocycles. The average molecular weight is 246 g/mol. The van der Waals surface area contributed by atoms with Gasteiger partial charge >= 0.3 is 0 Å². The minimum atomic E-state index is 0.346. The molecule has 0 bridgehead atoms. The molecule has 0 saturated carbocycles. The summed E-state index contributed by atoms with van der Waals surface area (Å²) in [5, 5.41) is 3.46. The maximum absolute atomic E-state index is 3.46. The molecule has 0 atom stereocenters. The Morgan fingerprint density at radius 3 is 2.44 bits per heavy atom. The summed E-state index contributed by atoms with van der Waals surface area (Å²) >= 11 is 0. The molecule has 0 aliphatic carbocycles. The highest BCUT2D eigenvalue weighted by Crippen LogP contribution is 2.23. The van der Waals surface area contributed by atoms with Crippen LogP contribution >= 0.6 is 0 Å². The normalized spacial score (nSPS) is 20.0. The van der Waals surface area contributed by atoms with Crippen molar-refractivity contribution in [3.05, 3.63) is 34.9 Å². The fourth-order valence-electron chi connectivity index (χ4n) is 2.72. The number of aryl methyl sites for hydroxylation is 2. The second-order valence-electron chi connectivity index (χ2n) is 6.02. The van der Waals surface area contributed by atoms with Crippen molar-refractivity contribution in [2.75, 3.05) is 20.1 Å². The summed E-state index contributed by atoms with van der Waals surface area (Å²) < 4.78 is 0. The monoisotopic (exact) mass is 246 g/mol. The van der Waals surface area contributed by atoms with Crippen molar-refractivity contribution in [2.45, 2.75) is 45.7 Å². The molecular weight excluding hydrogens is 220 g/mol. The number of hydrogen-bond donors (Lipinski definition) is 1. The quantitative estimate of drug-likeness (QED) is 0.882. The van der Waals surface area contributed by atoms with Crippen molar-refractivity contribution < 1.29 is 0 Å². The van der Waals surface area contributed by atoms with Crippen LogP contribution in [0.1, 0.15) is 36.5 Å². The minimum Gasteiger partial charge on any atom is -0.314 e. The zero-order valence-electron chi connectivity index (χ0n) is 12.2. The lowest BCUT2D eigenvalue weighted by Crippen LogP contribution is -2.49. The van der Waals surface area contributed by atoms with E-state index in [0.717, 1.165) is 6.54 Å². The fourth-order valence-corrected chi connectivity index (χ4v) is 2.72. The van der Waals surface area contributed by atoms with Crippen molar-refractivity contribution in [1.82, 2.24) is 10.2 Å². The zero-order valence-corrected chi connectivity index (χ0v) is 12.2. The van der Waals surface area contributed by atoms with E-state index in [2.05, 4.69) is 56.2 Å². The third-order valence-electron chi connectivity index (χ3n) is 4.46. The van der Waals surface area contributed by atoms with Gasteiger partial charge in [-0.3, -0.25) is 4.90 Å². The van der Waals surface area contributed by atoms with E-state index in [1.807, 2.05) is 0 Å². The highest BCUT2D eigenvalue weighted by molar-refractivity contribution is 5.30. The van der Waals surface area contributed by atoms with Crippen molar-refractivity contribution >= 4 is 0 Å². The molecule has 1 aliphatic rings. The molecule has 1 fully saturated rings. The van der Waals surface area contributed by atoms with Crippen LogP contribution in [-0.2, 0) is 6.54 Å². The Bertz CT molecular complexity index is 404. The summed E-state index contributed by atoms with van der Waals surface area (Å²) in [4.78, 5) is 2.58. The van der Waals surface area contributed by atoms with Crippen molar-refractivity contribution in [3.63, 3.8) is 0 Å². The van der Waals surface area contributed by atoms with E-state index in [9.17, 15) is 0 Å². The van der Waals surface area contributed by atoms with Crippen LogP contribution in [0.4, 0.5) is 0 Å². The molecule has 0 amide bonds. The predicted molar refractivity (Wildman–Crippen MR) is 77.9 cm³/mol. The number of benzene rings is 1. The Kier molecular flexibility index (Phi) is 4.08. The molecule has 2 heteroatoms. The molecular formula is C16H26N2. The van der Waals surface area contributed by atoms with E-state index in [1.165, 1.54) is 42.6 Å². The first kappa shape index (κ1) is 13.6. The van der Waals surface area contributed by atoms with Crippen LogP contribution in [0.2, 0.25) is 0 Å². The number of nitrogens with one attached hydrogen (secondary N) is 1. The summed E-state index contributed by atoms with van der Waals surface area (Å²) in [5.41, 5.74) is 4.61. The van der Waals surface area contributed by atoms with E-state index in [4.69, 9.17) is 0 Å². The minimum absolute atomic E-state index is 0.346. The molecule has 18 heavy (non-hydrogen) atoms. The molecule has 1 aliphatic heterocycles. The summed E-state index contributed by atoms with van der Waals surface area (Å²) in [7, 11) is 2.08. The lowest BCUT2D eigenvalue weighted by molar-refractivity contribution is 0.146. The largest absolute Gasteiger partial charge is 0.314 e. The second kappa shape index (κ2) is 5.41. The van der Waals surface area contributed by atoms with Gasteiger partial charge in [0.2, 0.25) is 0 Å². The third-order valence-corrected chi connectivity index (χ3v) is 4.46. The SMILES string of the molecule is CNC1(C)CCN(Cc2ccc(C)cc2C)CC1. The topological polar surface area (TPSA) is 15.3 Å². The maximum atomic E-state index is 3.46. The van der Waals surface area contributed by atoms with Crippen LogP contribution < -0.4 is 5.32 Å². The van der Waals surface area contributed by atoms with E-state index in [1.54, 1.807) is 0 Å². The van der Waals surface area contributed by atoms with Crippen LogP contribution in [-0.4, -0.2) is 30.6 Å². The van der Waals surface area contributed by atoms with Crippen LogP contribution in [0.15, 0.2) is 18.2 Å². The molecule has 0 spiro atoms. The van der Waals surface area contributed by atoms with Crippen LogP contribution in [0.3, 0.4) is 0 Å². The van der Waals surface area contributed by atoms with Gasteiger partial charge in [-0.2, -0.15) is 0 Å². The van der Waals surface area contributed by atoms with Crippen LogP contribution in [0.25, 0.3) is 0 Å². The smallest absolute Gasteiger partial charge is 0.0236 e. The van der Waals surface area contributed by atoms with Crippen molar-refractivity contribution in [3.8, 4) is 0 Å². The number of rotatable bonds is 3. The van der Waals surface area contributed by atoms with Gasteiger partial charge in [0.15, 0.2) is 0 Å². The Hall–Kier alpha value is -0.860. The molecule has 1 N–H and O–H groups in total. The Labute approximate surface area is 111 Å². The maximum Gasteiger partial charge on any atom is 0.0236 e. The Morgan fingerprint density at radius 1 is 1.22 bits per heavy atom. The van der Waals surface area contributed by atoms with Crippen LogP contribution in [0, 0.1) is 13.8 Å².